The molecule has 0 radical (unpaired) electrons. The molecule has 2 aromatic heterocycles. The molecule has 100 valence electrons. The minimum Gasteiger partial charge on any atom is -0.338 e. The SMILES string of the molecule is CN(Cc1n[nH]c(=O)[nH]1)C(=O)C1CCc2cn[nH]c21. The highest BCUT2D eigenvalue weighted by atomic mass is 16.2. The van der Waals surface area contributed by atoms with Gasteiger partial charge in [0.15, 0.2) is 5.82 Å². The van der Waals surface area contributed by atoms with Crippen LogP contribution in [0, 0.1) is 0 Å². The Labute approximate surface area is 108 Å². The quantitative estimate of drug-likeness (QED) is 0.693. The summed E-state index contributed by atoms with van der Waals surface area (Å²) in [5, 5.41) is 12.9. The van der Waals surface area contributed by atoms with Crippen LogP contribution in [0.15, 0.2) is 11.0 Å². The zero-order chi connectivity index (χ0) is 13.4. The summed E-state index contributed by atoms with van der Waals surface area (Å²) in [6.07, 6.45) is 3.44. The lowest BCUT2D eigenvalue weighted by molar-refractivity contribution is -0.132. The van der Waals surface area contributed by atoms with Gasteiger partial charge in [0.1, 0.15) is 0 Å². The molecule has 1 aliphatic carbocycles. The van der Waals surface area contributed by atoms with E-state index in [-0.39, 0.29) is 24.1 Å². The van der Waals surface area contributed by atoms with Crippen molar-refractivity contribution in [1.82, 2.24) is 30.3 Å². The first kappa shape index (κ1) is 11.7. The van der Waals surface area contributed by atoms with Crippen LogP contribution in [0.25, 0.3) is 0 Å². The van der Waals surface area contributed by atoms with Gasteiger partial charge in [0.2, 0.25) is 5.91 Å². The Morgan fingerprint density at radius 2 is 2.37 bits per heavy atom. The van der Waals surface area contributed by atoms with Crippen LogP contribution >= 0.6 is 0 Å². The van der Waals surface area contributed by atoms with Crippen LogP contribution in [0.2, 0.25) is 0 Å². The molecule has 8 nitrogen and oxygen atoms in total. The molecule has 2 heterocycles. The maximum atomic E-state index is 12.4. The van der Waals surface area contributed by atoms with Crippen LogP contribution < -0.4 is 5.69 Å². The number of hydrogen-bond donors (Lipinski definition) is 3. The van der Waals surface area contributed by atoms with Crippen molar-refractivity contribution < 1.29 is 4.79 Å². The van der Waals surface area contributed by atoms with E-state index in [9.17, 15) is 9.59 Å². The minimum atomic E-state index is -0.368. The number of nitrogens with zero attached hydrogens (tertiary/aromatic N) is 3. The van der Waals surface area contributed by atoms with Crippen molar-refractivity contribution in [1.29, 1.82) is 0 Å². The predicted octanol–water partition coefficient (Wildman–Crippen LogP) is -0.490. The van der Waals surface area contributed by atoms with E-state index in [1.54, 1.807) is 18.1 Å². The zero-order valence-electron chi connectivity index (χ0n) is 10.4. The molecule has 3 rings (SSSR count). The molecule has 1 aliphatic rings. The van der Waals surface area contributed by atoms with E-state index in [1.165, 1.54) is 0 Å². The van der Waals surface area contributed by atoms with E-state index in [0.717, 1.165) is 24.1 Å². The van der Waals surface area contributed by atoms with Crippen LogP contribution in [-0.4, -0.2) is 43.2 Å². The topological polar surface area (TPSA) is 111 Å². The molecule has 0 fully saturated rings. The molecule has 0 bridgehead atoms. The first-order valence-electron chi connectivity index (χ1n) is 6.06. The van der Waals surface area contributed by atoms with Crippen molar-refractivity contribution in [2.24, 2.45) is 0 Å². The van der Waals surface area contributed by atoms with Gasteiger partial charge in [-0.3, -0.25) is 14.9 Å². The Balaban J connectivity index is 1.72. The number of aromatic nitrogens is 5. The summed E-state index contributed by atoms with van der Waals surface area (Å²) in [6.45, 7) is 0.275. The van der Waals surface area contributed by atoms with E-state index in [4.69, 9.17) is 0 Å². The van der Waals surface area contributed by atoms with E-state index >= 15 is 0 Å². The number of likely N-dealkylation sites (N-methyl/N-ethyl adjacent to an activating group) is 1. The highest BCUT2D eigenvalue weighted by Crippen LogP contribution is 2.32. The van der Waals surface area contributed by atoms with Crippen molar-refractivity contribution >= 4 is 5.91 Å². The van der Waals surface area contributed by atoms with Gasteiger partial charge in [-0.15, -0.1) is 0 Å². The molecular formula is C11H14N6O2. The number of aryl methyl sites for hydroxylation is 1. The normalized spacial score (nSPS) is 17.4. The number of carbonyl (C=O) groups is 1. The third-order valence-electron chi connectivity index (χ3n) is 3.41. The number of nitrogens with one attached hydrogen (secondary N) is 3. The van der Waals surface area contributed by atoms with Crippen LogP contribution in [0.5, 0.6) is 0 Å². The first-order valence-corrected chi connectivity index (χ1v) is 6.06. The highest BCUT2D eigenvalue weighted by Gasteiger charge is 2.32. The third-order valence-corrected chi connectivity index (χ3v) is 3.41. The van der Waals surface area contributed by atoms with Gasteiger partial charge in [-0.05, 0) is 18.4 Å². The summed E-state index contributed by atoms with van der Waals surface area (Å²) in [7, 11) is 1.70. The number of carbonyl (C=O) groups excluding carboxylic acids is 1. The Hall–Kier alpha value is -2.38. The lowest BCUT2D eigenvalue weighted by Gasteiger charge is -2.19. The fraction of sp³-hybridized carbons (Fsp3) is 0.455. The summed E-state index contributed by atoms with van der Waals surface area (Å²) >= 11 is 0. The number of rotatable bonds is 3. The van der Waals surface area contributed by atoms with E-state index < -0.39 is 0 Å². The van der Waals surface area contributed by atoms with Crippen molar-refractivity contribution in [2.45, 2.75) is 25.3 Å². The largest absolute Gasteiger partial charge is 0.340 e. The molecule has 2 aromatic rings. The van der Waals surface area contributed by atoms with Crippen LogP contribution in [-0.2, 0) is 17.8 Å². The molecule has 0 spiro atoms. The zero-order valence-corrected chi connectivity index (χ0v) is 10.4. The van der Waals surface area contributed by atoms with Gasteiger partial charge in [-0.25, -0.2) is 9.89 Å². The van der Waals surface area contributed by atoms with Crippen molar-refractivity contribution in [3.63, 3.8) is 0 Å². The molecule has 0 saturated heterocycles. The minimum absolute atomic E-state index is 0.00634. The van der Waals surface area contributed by atoms with Crippen LogP contribution in [0.1, 0.15) is 29.4 Å². The standard InChI is InChI=1S/C11H14N6O2/c1-17(5-8-13-11(19)16-14-8)10(18)7-3-2-6-4-12-15-9(6)7/h4,7H,2-3,5H2,1H3,(H,12,15)(H2,13,14,16,19). The molecule has 3 N–H and O–H groups in total. The lowest BCUT2D eigenvalue weighted by atomic mass is 10.1. The molecule has 1 atom stereocenters. The summed E-state index contributed by atoms with van der Waals surface area (Å²) in [4.78, 5) is 27.4. The van der Waals surface area contributed by atoms with Gasteiger partial charge < -0.3 is 4.90 Å². The van der Waals surface area contributed by atoms with Gasteiger partial charge >= 0.3 is 5.69 Å². The summed E-state index contributed by atoms with van der Waals surface area (Å²) in [5.74, 6) is 0.281. The fourth-order valence-corrected chi connectivity index (χ4v) is 2.46. The second kappa shape index (κ2) is 4.38. The summed E-state index contributed by atoms with van der Waals surface area (Å²) in [6, 6.07) is 0. The average Bonchev–Trinajstić information content (AvgIpc) is 3.04. The Morgan fingerprint density at radius 3 is 3.11 bits per heavy atom. The number of amides is 1. The molecule has 0 aromatic carbocycles. The molecule has 19 heavy (non-hydrogen) atoms. The highest BCUT2D eigenvalue weighted by molar-refractivity contribution is 5.84. The molecule has 1 unspecified atom stereocenters. The number of H-pyrrole nitrogens is 3. The molecule has 0 saturated carbocycles. The average molecular weight is 262 g/mol. The van der Waals surface area contributed by atoms with Crippen molar-refractivity contribution in [3.8, 4) is 0 Å². The second-order valence-corrected chi connectivity index (χ2v) is 4.72. The van der Waals surface area contributed by atoms with Gasteiger partial charge in [0.05, 0.1) is 24.4 Å². The monoisotopic (exact) mass is 262 g/mol. The maximum absolute atomic E-state index is 12.4. The fourth-order valence-electron chi connectivity index (χ4n) is 2.46. The molecule has 8 heteroatoms. The van der Waals surface area contributed by atoms with Gasteiger partial charge in [0, 0.05) is 7.05 Å². The van der Waals surface area contributed by atoms with Crippen LogP contribution in [0.4, 0.5) is 0 Å². The number of aromatic amines is 3. The molecule has 0 aliphatic heterocycles. The maximum Gasteiger partial charge on any atom is 0.340 e. The van der Waals surface area contributed by atoms with Crippen molar-refractivity contribution in [2.75, 3.05) is 7.05 Å². The molecular weight excluding hydrogens is 248 g/mol. The Kier molecular flexibility index (Phi) is 2.69. The van der Waals surface area contributed by atoms with E-state index in [1.807, 2.05) is 0 Å². The van der Waals surface area contributed by atoms with Crippen LogP contribution in [0.3, 0.4) is 0 Å². The van der Waals surface area contributed by atoms with E-state index in [0.29, 0.717) is 5.82 Å². The first-order chi connectivity index (χ1) is 9.15. The predicted molar refractivity (Wildman–Crippen MR) is 65.3 cm³/mol. The second-order valence-electron chi connectivity index (χ2n) is 4.72. The van der Waals surface area contributed by atoms with E-state index in [2.05, 4.69) is 25.4 Å². The summed E-state index contributed by atoms with van der Waals surface area (Å²) in [5.41, 5.74) is 1.65. The van der Waals surface area contributed by atoms with Gasteiger partial charge in [-0.2, -0.15) is 10.2 Å². The number of fused-ring (bicyclic) bond motifs is 1. The number of hydrogen-bond acceptors (Lipinski definition) is 4. The van der Waals surface area contributed by atoms with Crippen molar-refractivity contribution in [3.05, 3.63) is 33.8 Å². The smallest absolute Gasteiger partial charge is 0.338 e. The Morgan fingerprint density at radius 1 is 1.53 bits per heavy atom. The van der Waals surface area contributed by atoms with Gasteiger partial charge in [-0.1, -0.05) is 0 Å². The lowest BCUT2D eigenvalue weighted by Crippen LogP contribution is -2.31. The molecule has 1 amide bonds. The van der Waals surface area contributed by atoms with Gasteiger partial charge in [0.25, 0.3) is 0 Å². The third kappa shape index (κ3) is 2.05. The Bertz CT molecular complexity index is 654. The summed E-state index contributed by atoms with van der Waals surface area (Å²) < 4.78 is 0.